The fourth-order valence-corrected chi connectivity index (χ4v) is 3.20. The molecule has 1 aromatic rings. The lowest BCUT2D eigenvalue weighted by atomic mass is 10.3. The van der Waals surface area contributed by atoms with Crippen LogP contribution in [0.3, 0.4) is 0 Å². The van der Waals surface area contributed by atoms with Gasteiger partial charge in [0.2, 0.25) is 11.0 Å². The molecule has 2 N–H and O–H groups in total. The second-order valence-electron chi connectivity index (χ2n) is 4.48. The second kappa shape index (κ2) is 6.72. The number of aryl methyl sites for hydroxylation is 1. The van der Waals surface area contributed by atoms with Crippen LogP contribution in [0.5, 0.6) is 0 Å². The molecule has 1 heterocycles. The molecule has 0 spiro atoms. The van der Waals surface area contributed by atoms with Crippen LogP contribution in [0, 0.1) is 6.92 Å². The molecule has 118 valence electrons. The summed E-state index contributed by atoms with van der Waals surface area (Å²) in [6.07, 6.45) is 0. The molecule has 0 aromatic carbocycles. The standard InChI is InChI=1S/C12H18N2O6S/c1-8-4-5-11(20-8)21(18,19)14(9(2)12(16)17)7-6-13-10(3)15/h4-5,9H,6-7H2,1-3H3,(H,13,15)(H,16,17). The van der Waals surface area contributed by atoms with Crippen molar-refractivity contribution in [2.75, 3.05) is 13.1 Å². The van der Waals surface area contributed by atoms with Gasteiger partial charge in [0.15, 0.2) is 0 Å². The maximum Gasteiger partial charge on any atom is 0.321 e. The molecule has 0 radical (unpaired) electrons. The van der Waals surface area contributed by atoms with Gasteiger partial charge in [-0.1, -0.05) is 0 Å². The van der Waals surface area contributed by atoms with Crippen LogP contribution in [0.25, 0.3) is 0 Å². The lowest BCUT2D eigenvalue weighted by Crippen LogP contribution is -2.46. The fraction of sp³-hybridized carbons (Fsp3) is 0.500. The van der Waals surface area contributed by atoms with Crippen LogP contribution in [0.1, 0.15) is 19.6 Å². The summed E-state index contributed by atoms with van der Waals surface area (Å²) in [4.78, 5) is 21.9. The van der Waals surface area contributed by atoms with Crippen LogP contribution in [-0.4, -0.2) is 48.8 Å². The molecule has 0 aliphatic heterocycles. The third kappa shape index (κ3) is 4.30. The van der Waals surface area contributed by atoms with Gasteiger partial charge in [-0.3, -0.25) is 9.59 Å². The average molecular weight is 318 g/mol. The fourth-order valence-electron chi connectivity index (χ4n) is 1.65. The van der Waals surface area contributed by atoms with Crippen molar-refractivity contribution in [3.05, 3.63) is 17.9 Å². The zero-order chi connectivity index (χ0) is 16.2. The zero-order valence-corrected chi connectivity index (χ0v) is 12.8. The Labute approximate surface area is 122 Å². The highest BCUT2D eigenvalue weighted by atomic mass is 32.2. The molecule has 0 saturated carbocycles. The number of hydrogen-bond acceptors (Lipinski definition) is 5. The van der Waals surface area contributed by atoms with Gasteiger partial charge in [0.1, 0.15) is 11.8 Å². The van der Waals surface area contributed by atoms with Gasteiger partial charge in [0.25, 0.3) is 10.0 Å². The third-order valence-electron chi connectivity index (χ3n) is 2.77. The van der Waals surface area contributed by atoms with Gasteiger partial charge in [-0.15, -0.1) is 0 Å². The Hall–Kier alpha value is -1.87. The molecular weight excluding hydrogens is 300 g/mol. The monoisotopic (exact) mass is 318 g/mol. The van der Waals surface area contributed by atoms with Gasteiger partial charge in [0, 0.05) is 20.0 Å². The Balaban J connectivity index is 3.04. The lowest BCUT2D eigenvalue weighted by Gasteiger charge is -2.24. The second-order valence-corrected chi connectivity index (χ2v) is 6.30. The summed E-state index contributed by atoms with van der Waals surface area (Å²) >= 11 is 0. The van der Waals surface area contributed by atoms with Crippen molar-refractivity contribution in [1.82, 2.24) is 9.62 Å². The molecule has 1 rings (SSSR count). The summed E-state index contributed by atoms with van der Waals surface area (Å²) in [5.41, 5.74) is 0. The normalized spacial score (nSPS) is 13.1. The van der Waals surface area contributed by atoms with E-state index in [0.29, 0.717) is 5.76 Å². The highest BCUT2D eigenvalue weighted by molar-refractivity contribution is 7.89. The molecule has 1 amide bonds. The molecule has 1 unspecified atom stereocenters. The number of nitrogens with zero attached hydrogens (tertiary/aromatic N) is 1. The zero-order valence-electron chi connectivity index (χ0n) is 12.0. The van der Waals surface area contributed by atoms with Crippen molar-refractivity contribution in [3.8, 4) is 0 Å². The number of carboxylic acids is 1. The van der Waals surface area contributed by atoms with Gasteiger partial charge >= 0.3 is 5.97 Å². The van der Waals surface area contributed by atoms with E-state index in [1.54, 1.807) is 6.92 Å². The average Bonchev–Trinajstić information content (AvgIpc) is 2.80. The molecule has 9 heteroatoms. The maximum atomic E-state index is 12.4. The Morgan fingerprint density at radius 1 is 1.43 bits per heavy atom. The quantitative estimate of drug-likeness (QED) is 0.741. The van der Waals surface area contributed by atoms with Crippen molar-refractivity contribution in [3.63, 3.8) is 0 Å². The lowest BCUT2D eigenvalue weighted by molar-refractivity contribution is -0.140. The van der Waals surface area contributed by atoms with E-state index in [0.717, 1.165) is 4.31 Å². The minimum Gasteiger partial charge on any atom is -0.480 e. The molecule has 0 aliphatic rings. The predicted molar refractivity (Wildman–Crippen MR) is 73.1 cm³/mol. The molecular formula is C12H18N2O6S. The molecule has 0 bridgehead atoms. The Morgan fingerprint density at radius 2 is 2.05 bits per heavy atom. The molecule has 0 saturated heterocycles. The summed E-state index contributed by atoms with van der Waals surface area (Å²) in [5, 5.41) is 11.2. The summed E-state index contributed by atoms with van der Waals surface area (Å²) in [6, 6.07) is 1.46. The van der Waals surface area contributed by atoms with Gasteiger partial charge in [-0.05, 0) is 26.0 Å². The van der Waals surface area contributed by atoms with Crippen LogP contribution < -0.4 is 5.32 Å². The Morgan fingerprint density at radius 3 is 2.48 bits per heavy atom. The van der Waals surface area contributed by atoms with Crippen LogP contribution >= 0.6 is 0 Å². The van der Waals surface area contributed by atoms with E-state index in [1.807, 2.05) is 0 Å². The summed E-state index contributed by atoms with van der Waals surface area (Å²) in [5.74, 6) is -1.22. The number of carbonyl (C=O) groups is 2. The van der Waals surface area contributed by atoms with E-state index in [2.05, 4.69) is 5.32 Å². The predicted octanol–water partition coefficient (Wildman–Crippen LogP) is 0.188. The number of nitrogens with one attached hydrogen (secondary N) is 1. The molecule has 1 atom stereocenters. The van der Waals surface area contributed by atoms with E-state index in [9.17, 15) is 18.0 Å². The van der Waals surface area contributed by atoms with E-state index in [1.165, 1.54) is 26.0 Å². The largest absolute Gasteiger partial charge is 0.480 e. The van der Waals surface area contributed by atoms with E-state index in [-0.39, 0.29) is 24.1 Å². The number of aliphatic carboxylic acids is 1. The number of carboxylic acid groups (broad SMARTS) is 1. The summed E-state index contributed by atoms with van der Waals surface area (Å²) in [7, 11) is -4.09. The van der Waals surface area contributed by atoms with Crippen molar-refractivity contribution in [2.45, 2.75) is 31.9 Å². The van der Waals surface area contributed by atoms with Crippen molar-refractivity contribution in [1.29, 1.82) is 0 Å². The number of amides is 1. The van der Waals surface area contributed by atoms with Gasteiger partial charge in [0.05, 0.1) is 0 Å². The van der Waals surface area contributed by atoms with E-state index < -0.39 is 22.0 Å². The summed E-state index contributed by atoms with van der Waals surface area (Å²) < 4.78 is 30.7. The maximum absolute atomic E-state index is 12.4. The van der Waals surface area contributed by atoms with Crippen molar-refractivity contribution < 1.29 is 27.5 Å². The summed E-state index contributed by atoms with van der Waals surface area (Å²) in [6.45, 7) is 3.96. The first-order valence-electron chi connectivity index (χ1n) is 6.21. The first kappa shape index (κ1) is 17.2. The molecule has 0 aliphatic carbocycles. The van der Waals surface area contributed by atoms with Gasteiger partial charge in [-0.2, -0.15) is 4.31 Å². The van der Waals surface area contributed by atoms with Crippen molar-refractivity contribution >= 4 is 21.9 Å². The third-order valence-corrected chi connectivity index (χ3v) is 4.62. The Kier molecular flexibility index (Phi) is 5.50. The first-order valence-corrected chi connectivity index (χ1v) is 7.65. The molecule has 21 heavy (non-hydrogen) atoms. The van der Waals surface area contributed by atoms with Gasteiger partial charge < -0.3 is 14.8 Å². The minimum absolute atomic E-state index is 0.00583. The number of sulfonamides is 1. The number of carbonyl (C=O) groups excluding carboxylic acids is 1. The first-order chi connectivity index (χ1) is 9.66. The molecule has 1 aromatic heterocycles. The van der Waals surface area contributed by atoms with Crippen LogP contribution in [0.15, 0.2) is 21.6 Å². The van der Waals surface area contributed by atoms with Gasteiger partial charge in [-0.25, -0.2) is 8.42 Å². The highest BCUT2D eigenvalue weighted by Gasteiger charge is 2.34. The SMILES string of the molecule is CC(=O)NCCN(C(C)C(=O)O)S(=O)(=O)c1ccc(C)o1. The van der Waals surface area contributed by atoms with Crippen LogP contribution in [-0.2, 0) is 19.6 Å². The molecule has 0 fully saturated rings. The number of hydrogen-bond donors (Lipinski definition) is 2. The smallest absolute Gasteiger partial charge is 0.321 e. The topological polar surface area (TPSA) is 117 Å². The van der Waals surface area contributed by atoms with Crippen LogP contribution in [0.2, 0.25) is 0 Å². The number of rotatable bonds is 7. The van der Waals surface area contributed by atoms with Crippen molar-refractivity contribution in [2.24, 2.45) is 0 Å². The van der Waals surface area contributed by atoms with E-state index >= 15 is 0 Å². The minimum atomic E-state index is -4.09. The molecule has 8 nitrogen and oxygen atoms in total. The van der Waals surface area contributed by atoms with E-state index in [4.69, 9.17) is 9.52 Å². The Bertz CT molecular complexity index is 621. The van der Waals surface area contributed by atoms with Crippen LogP contribution in [0.4, 0.5) is 0 Å². The highest BCUT2D eigenvalue weighted by Crippen LogP contribution is 2.20. The number of furan rings is 1.